The van der Waals surface area contributed by atoms with E-state index in [1.54, 1.807) is 30.8 Å². The van der Waals surface area contributed by atoms with Gasteiger partial charge in [0, 0.05) is 5.02 Å². The zero-order valence-corrected chi connectivity index (χ0v) is 12.9. The van der Waals surface area contributed by atoms with Crippen LogP contribution in [0.2, 0.25) is 10.0 Å². The molecule has 0 heterocycles. The number of rotatable bonds is 4. The highest BCUT2D eigenvalue weighted by Crippen LogP contribution is 2.32. The Morgan fingerprint density at radius 3 is 2.67 bits per heavy atom. The Kier molecular flexibility index (Phi) is 5.46. The Balaban J connectivity index is 2.73. The molecule has 1 unspecified atom stereocenters. The van der Waals surface area contributed by atoms with E-state index in [1.165, 1.54) is 0 Å². The Labute approximate surface area is 118 Å². The average Bonchev–Trinajstić information content (AvgIpc) is 2.33. The standard InChI is InChI=1S/C12H15Cl2NO2P/c1-8-9(13)5-6-10(12(8)14)17-7-11(16)15(2)18(3)4/h5-6H,3,7H2,1-2,4H3/q+1. The van der Waals surface area contributed by atoms with E-state index in [-0.39, 0.29) is 12.5 Å². The molecule has 1 amide bonds. The van der Waals surface area contributed by atoms with Crippen molar-refractivity contribution in [3.8, 4) is 5.75 Å². The van der Waals surface area contributed by atoms with Crippen LogP contribution in [0.15, 0.2) is 12.1 Å². The number of carbonyl (C=O) groups excluding carboxylic acids is 1. The van der Waals surface area contributed by atoms with Gasteiger partial charge in [-0.2, -0.15) is 4.67 Å². The van der Waals surface area contributed by atoms with Gasteiger partial charge < -0.3 is 4.74 Å². The molecule has 18 heavy (non-hydrogen) atoms. The highest BCUT2D eigenvalue weighted by atomic mass is 35.5. The highest BCUT2D eigenvalue weighted by molar-refractivity contribution is 7.53. The number of likely N-dealkylation sites (N-methyl/N-ethyl adjacent to an activating group) is 1. The van der Waals surface area contributed by atoms with Crippen LogP contribution < -0.4 is 4.74 Å². The Bertz CT molecular complexity index is 491. The van der Waals surface area contributed by atoms with Crippen LogP contribution in [0.4, 0.5) is 0 Å². The molecule has 1 rings (SSSR count). The van der Waals surface area contributed by atoms with Crippen LogP contribution in [0, 0.1) is 6.92 Å². The van der Waals surface area contributed by atoms with Crippen LogP contribution in [-0.4, -0.2) is 37.2 Å². The average molecular weight is 307 g/mol. The quantitative estimate of drug-likeness (QED) is 0.796. The third-order valence-corrected chi connectivity index (χ3v) is 4.64. The summed E-state index contributed by atoms with van der Waals surface area (Å²) in [4.78, 5) is 11.7. The summed E-state index contributed by atoms with van der Waals surface area (Å²) in [5.41, 5.74) is 0.742. The molecule has 0 saturated carbocycles. The van der Waals surface area contributed by atoms with Gasteiger partial charge in [0.05, 0.1) is 18.4 Å². The molecule has 0 radical (unpaired) electrons. The second-order valence-corrected chi connectivity index (χ2v) is 6.55. The number of hydrogen-bond donors (Lipinski definition) is 0. The number of benzene rings is 1. The molecule has 0 aliphatic carbocycles. The summed E-state index contributed by atoms with van der Waals surface area (Å²) >= 11 is 12.0. The van der Waals surface area contributed by atoms with Gasteiger partial charge in [-0.05, 0) is 24.6 Å². The van der Waals surface area contributed by atoms with E-state index in [9.17, 15) is 4.79 Å². The molecule has 0 saturated heterocycles. The van der Waals surface area contributed by atoms with E-state index in [2.05, 4.69) is 6.30 Å². The summed E-state index contributed by atoms with van der Waals surface area (Å²) < 4.78 is 6.98. The first-order valence-electron chi connectivity index (χ1n) is 5.22. The van der Waals surface area contributed by atoms with Crippen molar-refractivity contribution in [1.82, 2.24) is 4.67 Å². The molecule has 98 valence electrons. The fraction of sp³-hybridized carbons (Fsp3) is 0.333. The minimum Gasteiger partial charge on any atom is -0.482 e. The summed E-state index contributed by atoms with van der Waals surface area (Å²) in [5.74, 6) is 0.340. The van der Waals surface area contributed by atoms with Gasteiger partial charge >= 0.3 is 0 Å². The lowest BCUT2D eigenvalue weighted by Crippen LogP contribution is -2.25. The zero-order valence-electron chi connectivity index (χ0n) is 10.5. The van der Waals surface area contributed by atoms with E-state index in [0.717, 1.165) is 5.56 Å². The number of amides is 1. The lowest BCUT2D eigenvalue weighted by atomic mass is 10.2. The Hall–Kier alpha value is -0.760. The highest BCUT2D eigenvalue weighted by Gasteiger charge is 2.18. The molecule has 0 aliphatic rings. The van der Waals surface area contributed by atoms with Crippen molar-refractivity contribution in [3.63, 3.8) is 0 Å². The lowest BCUT2D eigenvalue weighted by molar-refractivity contribution is -0.127. The van der Waals surface area contributed by atoms with Crippen molar-refractivity contribution in [2.45, 2.75) is 6.92 Å². The molecule has 0 N–H and O–H groups in total. The first kappa shape index (κ1) is 15.3. The van der Waals surface area contributed by atoms with Crippen molar-refractivity contribution in [3.05, 3.63) is 27.7 Å². The normalized spacial score (nSPS) is 11.1. The Morgan fingerprint density at radius 2 is 2.11 bits per heavy atom. The molecule has 0 spiro atoms. The SMILES string of the molecule is C=[P+](C)N(C)C(=O)COc1ccc(Cl)c(C)c1Cl. The van der Waals surface area contributed by atoms with Gasteiger partial charge in [-0.3, -0.25) is 4.79 Å². The second-order valence-electron chi connectivity index (χ2n) is 3.85. The summed E-state index contributed by atoms with van der Waals surface area (Å²) in [6.07, 6.45) is 3.83. The number of carbonyl (C=O) groups is 1. The third kappa shape index (κ3) is 3.61. The van der Waals surface area contributed by atoms with Crippen LogP contribution in [0.3, 0.4) is 0 Å². The maximum absolute atomic E-state index is 11.7. The first-order chi connectivity index (χ1) is 8.34. The van der Waals surface area contributed by atoms with Crippen LogP contribution in [-0.2, 0) is 4.79 Å². The fourth-order valence-electron chi connectivity index (χ4n) is 1.17. The molecule has 0 aromatic heterocycles. The summed E-state index contributed by atoms with van der Waals surface area (Å²) in [6.45, 7) is 3.64. The minimum absolute atomic E-state index is 0.0561. The molecular formula is C12H15Cl2NO2P+. The molecule has 1 aromatic rings. The van der Waals surface area contributed by atoms with E-state index in [4.69, 9.17) is 27.9 Å². The van der Waals surface area contributed by atoms with Crippen molar-refractivity contribution < 1.29 is 9.53 Å². The fourth-order valence-corrected chi connectivity index (χ4v) is 2.04. The predicted molar refractivity (Wildman–Crippen MR) is 79.4 cm³/mol. The molecule has 1 atom stereocenters. The van der Waals surface area contributed by atoms with Crippen molar-refractivity contribution >= 4 is 43.1 Å². The third-order valence-electron chi connectivity index (χ3n) is 2.51. The van der Waals surface area contributed by atoms with E-state index in [0.29, 0.717) is 15.8 Å². The monoisotopic (exact) mass is 306 g/mol. The number of ether oxygens (including phenoxy) is 1. The second kappa shape index (κ2) is 6.42. The summed E-state index contributed by atoms with van der Waals surface area (Å²) in [6, 6.07) is 3.35. The van der Waals surface area contributed by atoms with Crippen LogP contribution >= 0.6 is 30.9 Å². The van der Waals surface area contributed by atoms with Crippen LogP contribution in [0.1, 0.15) is 5.56 Å². The van der Waals surface area contributed by atoms with Gasteiger partial charge in [-0.1, -0.05) is 23.2 Å². The molecule has 0 fully saturated rings. The number of halogens is 2. The van der Waals surface area contributed by atoms with E-state index in [1.807, 2.05) is 6.66 Å². The smallest absolute Gasteiger partial charge is 0.297 e. The van der Waals surface area contributed by atoms with Gasteiger partial charge in [0.25, 0.3) is 5.91 Å². The molecule has 0 bridgehead atoms. The van der Waals surface area contributed by atoms with Crippen molar-refractivity contribution in [2.75, 3.05) is 20.3 Å². The lowest BCUT2D eigenvalue weighted by Gasteiger charge is -2.12. The van der Waals surface area contributed by atoms with Crippen molar-refractivity contribution in [2.24, 2.45) is 0 Å². The van der Waals surface area contributed by atoms with Crippen molar-refractivity contribution in [1.29, 1.82) is 0 Å². The molecule has 1 aromatic carbocycles. The number of hydrogen-bond acceptors (Lipinski definition) is 2. The number of nitrogens with zero attached hydrogens (tertiary/aromatic N) is 1. The molecule has 0 aliphatic heterocycles. The van der Waals surface area contributed by atoms with Gasteiger partial charge in [-0.15, -0.1) is 0 Å². The van der Waals surface area contributed by atoms with Gasteiger partial charge in [0.15, 0.2) is 6.61 Å². The minimum atomic E-state index is -0.701. The molecule has 6 heteroatoms. The summed E-state index contributed by atoms with van der Waals surface area (Å²) in [5, 5.41) is 1.01. The van der Waals surface area contributed by atoms with Gasteiger partial charge in [0.2, 0.25) is 7.70 Å². The largest absolute Gasteiger partial charge is 0.482 e. The topological polar surface area (TPSA) is 29.5 Å². The Morgan fingerprint density at radius 1 is 1.50 bits per heavy atom. The van der Waals surface area contributed by atoms with Gasteiger partial charge in [-0.25, -0.2) is 0 Å². The van der Waals surface area contributed by atoms with Gasteiger partial charge in [0.1, 0.15) is 12.4 Å². The molecular weight excluding hydrogens is 292 g/mol. The van der Waals surface area contributed by atoms with Crippen LogP contribution in [0.5, 0.6) is 5.75 Å². The van der Waals surface area contributed by atoms with E-state index < -0.39 is 7.70 Å². The summed E-state index contributed by atoms with van der Waals surface area (Å²) in [7, 11) is 1.01. The zero-order chi connectivity index (χ0) is 13.9. The van der Waals surface area contributed by atoms with Crippen LogP contribution in [0.25, 0.3) is 0 Å². The molecule has 3 nitrogen and oxygen atoms in total. The van der Waals surface area contributed by atoms with E-state index >= 15 is 0 Å². The predicted octanol–water partition coefficient (Wildman–Crippen LogP) is 3.60. The first-order valence-corrected chi connectivity index (χ1v) is 7.91. The maximum Gasteiger partial charge on any atom is 0.297 e. The maximum atomic E-state index is 11.7.